The van der Waals surface area contributed by atoms with Gasteiger partial charge in [0.2, 0.25) is 5.82 Å². The Labute approximate surface area is 150 Å². The second-order valence-electron chi connectivity index (χ2n) is 5.83. The molecular formula is C18H17N5O3. The van der Waals surface area contributed by atoms with Gasteiger partial charge < -0.3 is 10.1 Å². The molecule has 0 amide bonds. The van der Waals surface area contributed by atoms with Gasteiger partial charge in [-0.2, -0.15) is 4.98 Å². The van der Waals surface area contributed by atoms with E-state index in [0.29, 0.717) is 17.4 Å². The second kappa shape index (κ2) is 7.56. The van der Waals surface area contributed by atoms with Gasteiger partial charge in [-0.05, 0) is 35.7 Å². The summed E-state index contributed by atoms with van der Waals surface area (Å²) in [5.41, 5.74) is 1.51. The molecule has 0 aliphatic carbocycles. The topological polar surface area (TPSA) is 103 Å². The minimum atomic E-state index is -0.573. The molecule has 2 aromatic heterocycles. The molecule has 132 valence electrons. The molecule has 2 heterocycles. The minimum Gasteiger partial charge on any atom is -0.432 e. The van der Waals surface area contributed by atoms with Gasteiger partial charge in [-0.25, -0.2) is 4.98 Å². The second-order valence-corrected chi connectivity index (χ2v) is 5.83. The lowest BCUT2D eigenvalue weighted by Crippen LogP contribution is -2.03. The molecule has 0 saturated heterocycles. The Hall–Kier alpha value is -3.55. The average Bonchev–Trinajstić information content (AvgIpc) is 2.63. The zero-order valence-corrected chi connectivity index (χ0v) is 14.3. The van der Waals surface area contributed by atoms with Gasteiger partial charge in [-0.1, -0.05) is 26.0 Å². The molecule has 0 spiro atoms. The molecule has 0 saturated carbocycles. The Bertz CT molecular complexity index is 898. The van der Waals surface area contributed by atoms with Gasteiger partial charge in [0, 0.05) is 11.9 Å². The first kappa shape index (κ1) is 17.3. The van der Waals surface area contributed by atoms with Crippen molar-refractivity contribution in [3.8, 4) is 11.6 Å². The maximum absolute atomic E-state index is 11.6. The molecule has 3 rings (SSSR count). The lowest BCUT2D eigenvalue weighted by molar-refractivity contribution is -0.385. The molecule has 1 aromatic carbocycles. The highest BCUT2D eigenvalue weighted by Crippen LogP contribution is 2.35. The summed E-state index contributed by atoms with van der Waals surface area (Å²) < 4.78 is 5.50. The molecule has 0 aliphatic rings. The van der Waals surface area contributed by atoms with Crippen LogP contribution in [0.25, 0.3) is 0 Å². The van der Waals surface area contributed by atoms with Crippen LogP contribution in [0.15, 0.2) is 55.1 Å². The highest BCUT2D eigenvalue weighted by atomic mass is 16.6. The van der Waals surface area contributed by atoms with Crippen LogP contribution in [0.3, 0.4) is 0 Å². The first-order chi connectivity index (χ1) is 12.5. The van der Waals surface area contributed by atoms with Crippen LogP contribution in [0, 0.1) is 10.1 Å². The molecule has 3 aromatic rings. The number of rotatable bonds is 6. The number of nitrogens with zero attached hydrogens (tertiary/aromatic N) is 4. The first-order valence-electron chi connectivity index (χ1n) is 7.99. The maximum Gasteiger partial charge on any atom is 0.373 e. The monoisotopic (exact) mass is 351 g/mol. The van der Waals surface area contributed by atoms with E-state index in [-0.39, 0.29) is 17.4 Å². The van der Waals surface area contributed by atoms with Gasteiger partial charge in [0.15, 0.2) is 0 Å². The van der Waals surface area contributed by atoms with Crippen molar-refractivity contribution in [1.82, 2.24) is 15.0 Å². The highest BCUT2D eigenvalue weighted by Gasteiger charge is 2.25. The van der Waals surface area contributed by atoms with Crippen LogP contribution in [-0.4, -0.2) is 19.9 Å². The van der Waals surface area contributed by atoms with Crippen molar-refractivity contribution in [3.05, 3.63) is 70.8 Å². The molecule has 1 N–H and O–H groups in total. The molecular weight excluding hydrogens is 334 g/mol. The van der Waals surface area contributed by atoms with E-state index in [9.17, 15) is 10.1 Å². The van der Waals surface area contributed by atoms with Gasteiger partial charge in [0.1, 0.15) is 12.1 Å². The molecule has 26 heavy (non-hydrogen) atoms. The zero-order valence-electron chi connectivity index (χ0n) is 14.3. The number of ether oxygens (including phenoxy) is 1. The Kier molecular flexibility index (Phi) is 5.02. The normalized spacial score (nSPS) is 10.6. The Balaban J connectivity index is 1.91. The number of aromatic nitrogens is 3. The van der Waals surface area contributed by atoms with Crippen LogP contribution in [0.4, 0.5) is 17.2 Å². The molecule has 0 fully saturated rings. The summed E-state index contributed by atoms with van der Waals surface area (Å²) in [6.07, 6.45) is 4.24. The molecule has 8 heteroatoms. The summed E-state index contributed by atoms with van der Waals surface area (Å²) in [4.78, 5) is 22.8. The maximum atomic E-state index is 11.6. The van der Waals surface area contributed by atoms with E-state index in [0.717, 1.165) is 0 Å². The van der Waals surface area contributed by atoms with E-state index in [1.165, 1.54) is 18.1 Å². The summed E-state index contributed by atoms with van der Waals surface area (Å²) >= 11 is 0. The van der Waals surface area contributed by atoms with Crippen molar-refractivity contribution < 1.29 is 9.66 Å². The van der Waals surface area contributed by atoms with Crippen LogP contribution in [0.1, 0.15) is 25.3 Å². The number of benzene rings is 1. The summed E-state index contributed by atoms with van der Waals surface area (Å²) in [7, 11) is 0. The third kappa shape index (κ3) is 3.92. The average molecular weight is 351 g/mol. The molecule has 0 radical (unpaired) electrons. The van der Waals surface area contributed by atoms with E-state index in [1.54, 1.807) is 18.3 Å². The number of pyridine rings is 1. The fourth-order valence-corrected chi connectivity index (χ4v) is 2.30. The third-order valence-electron chi connectivity index (χ3n) is 3.66. The minimum absolute atomic E-state index is 0.0567. The van der Waals surface area contributed by atoms with Crippen molar-refractivity contribution in [2.24, 2.45) is 0 Å². The predicted octanol–water partition coefficient (Wildman–Crippen LogP) is 4.44. The fourth-order valence-electron chi connectivity index (χ4n) is 2.30. The van der Waals surface area contributed by atoms with Gasteiger partial charge in [-0.15, -0.1) is 0 Å². The van der Waals surface area contributed by atoms with E-state index in [4.69, 9.17) is 4.74 Å². The zero-order chi connectivity index (χ0) is 18.5. The quantitative estimate of drug-likeness (QED) is 0.517. The van der Waals surface area contributed by atoms with Crippen molar-refractivity contribution in [1.29, 1.82) is 0 Å². The molecule has 0 aliphatic heterocycles. The smallest absolute Gasteiger partial charge is 0.373 e. The van der Waals surface area contributed by atoms with E-state index in [2.05, 4.69) is 34.1 Å². The number of nitrogens with one attached hydrogen (secondary N) is 1. The molecule has 0 atom stereocenters. The fraction of sp³-hybridized carbons (Fsp3) is 0.167. The van der Waals surface area contributed by atoms with Crippen LogP contribution < -0.4 is 10.1 Å². The Morgan fingerprint density at radius 2 is 1.92 bits per heavy atom. The van der Waals surface area contributed by atoms with Crippen LogP contribution in [0.5, 0.6) is 11.6 Å². The standard InChI is InChI=1S/C18H17N5O3/c1-12(2)13-5-7-14(8-6-13)22-17-16(23(24)25)18(21-11-20-17)26-15-4-3-9-19-10-15/h3-12H,1-2H3,(H,20,21,22). The van der Waals surface area contributed by atoms with Crippen LogP contribution in [0.2, 0.25) is 0 Å². The lowest BCUT2D eigenvalue weighted by Gasteiger charge is -2.10. The van der Waals surface area contributed by atoms with Crippen LogP contribution in [-0.2, 0) is 0 Å². The summed E-state index contributed by atoms with van der Waals surface area (Å²) in [6, 6.07) is 10.9. The van der Waals surface area contributed by atoms with Gasteiger partial charge >= 0.3 is 11.6 Å². The number of nitro groups is 1. The van der Waals surface area contributed by atoms with E-state index in [1.807, 2.05) is 24.3 Å². The van der Waals surface area contributed by atoms with Crippen molar-refractivity contribution >= 4 is 17.2 Å². The largest absolute Gasteiger partial charge is 0.432 e. The third-order valence-corrected chi connectivity index (χ3v) is 3.66. The first-order valence-corrected chi connectivity index (χ1v) is 7.99. The highest BCUT2D eigenvalue weighted by molar-refractivity contribution is 5.68. The molecule has 0 unspecified atom stereocenters. The number of hydrogen-bond acceptors (Lipinski definition) is 7. The van der Waals surface area contributed by atoms with Gasteiger partial charge in [0.05, 0.1) is 11.1 Å². The lowest BCUT2D eigenvalue weighted by atomic mass is 10.0. The van der Waals surface area contributed by atoms with E-state index >= 15 is 0 Å². The number of hydrogen-bond donors (Lipinski definition) is 1. The summed E-state index contributed by atoms with van der Waals surface area (Å²) in [5.74, 6) is 0.652. The van der Waals surface area contributed by atoms with Crippen molar-refractivity contribution in [2.45, 2.75) is 19.8 Å². The molecule has 0 bridgehead atoms. The van der Waals surface area contributed by atoms with Gasteiger partial charge in [-0.3, -0.25) is 15.1 Å². The Morgan fingerprint density at radius 3 is 2.54 bits per heavy atom. The van der Waals surface area contributed by atoms with Crippen molar-refractivity contribution in [2.75, 3.05) is 5.32 Å². The van der Waals surface area contributed by atoms with Crippen LogP contribution >= 0.6 is 0 Å². The molecule has 8 nitrogen and oxygen atoms in total. The predicted molar refractivity (Wildman–Crippen MR) is 96.8 cm³/mol. The number of anilines is 2. The Morgan fingerprint density at radius 1 is 1.15 bits per heavy atom. The summed E-state index contributed by atoms with van der Waals surface area (Å²) in [5, 5.41) is 14.5. The van der Waals surface area contributed by atoms with Gasteiger partial charge in [0.25, 0.3) is 0 Å². The van der Waals surface area contributed by atoms with Crippen molar-refractivity contribution in [3.63, 3.8) is 0 Å². The summed E-state index contributed by atoms with van der Waals surface area (Å²) in [6.45, 7) is 4.19. The SMILES string of the molecule is CC(C)c1ccc(Nc2ncnc(Oc3cccnc3)c2[N+](=O)[O-])cc1. The van der Waals surface area contributed by atoms with E-state index < -0.39 is 4.92 Å².